The van der Waals surface area contributed by atoms with Crippen molar-refractivity contribution in [3.63, 3.8) is 0 Å². The Kier molecular flexibility index (Phi) is 5.88. The Balaban J connectivity index is 1.75. The van der Waals surface area contributed by atoms with Crippen LogP contribution in [0.25, 0.3) is 11.5 Å². The van der Waals surface area contributed by atoms with Crippen molar-refractivity contribution in [2.45, 2.75) is 13.5 Å². The standard InChI is InChI=1S/C21H23N3O3/c1-15-19(13-24(3)14-20(25)22-2)23-21(26-15)16-8-7-11-18(12-16)27-17-9-5-4-6-10-17/h4-12H,13-14H2,1-3H3,(H,22,25). The van der Waals surface area contributed by atoms with Gasteiger partial charge in [-0.2, -0.15) is 0 Å². The fourth-order valence-corrected chi connectivity index (χ4v) is 2.65. The number of aromatic nitrogens is 1. The predicted molar refractivity (Wildman–Crippen MR) is 104 cm³/mol. The zero-order valence-corrected chi connectivity index (χ0v) is 15.7. The lowest BCUT2D eigenvalue weighted by atomic mass is 10.2. The van der Waals surface area contributed by atoms with Gasteiger partial charge in [-0.1, -0.05) is 24.3 Å². The van der Waals surface area contributed by atoms with Crippen LogP contribution in [0.5, 0.6) is 11.5 Å². The molecule has 0 bridgehead atoms. The molecule has 6 nitrogen and oxygen atoms in total. The molecule has 1 heterocycles. The number of rotatable bonds is 7. The van der Waals surface area contributed by atoms with Crippen molar-refractivity contribution < 1.29 is 13.9 Å². The Hall–Kier alpha value is -3.12. The van der Waals surface area contributed by atoms with Crippen LogP contribution in [0.15, 0.2) is 59.0 Å². The lowest BCUT2D eigenvalue weighted by Crippen LogP contribution is -2.32. The van der Waals surface area contributed by atoms with Crippen LogP contribution in [0.1, 0.15) is 11.5 Å². The van der Waals surface area contributed by atoms with Crippen LogP contribution < -0.4 is 10.1 Å². The number of ether oxygens (including phenoxy) is 1. The fourth-order valence-electron chi connectivity index (χ4n) is 2.65. The third kappa shape index (κ3) is 4.95. The minimum Gasteiger partial charge on any atom is -0.457 e. The molecular formula is C21H23N3O3. The summed E-state index contributed by atoms with van der Waals surface area (Å²) in [5.74, 6) is 2.73. The van der Waals surface area contributed by atoms with Crippen LogP contribution in [-0.2, 0) is 11.3 Å². The smallest absolute Gasteiger partial charge is 0.233 e. The third-order valence-electron chi connectivity index (χ3n) is 4.06. The molecule has 0 radical (unpaired) electrons. The van der Waals surface area contributed by atoms with E-state index in [1.807, 2.05) is 73.5 Å². The molecule has 1 aromatic heterocycles. The lowest BCUT2D eigenvalue weighted by Gasteiger charge is -2.13. The highest BCUT2D eigenvalue weighted by Gasteiger charge is 2.15. The van der Waals surface area contributed by atoms with Crippen molar-refractivity contribution in [2.75, 3.05) is 20.6 Å². The second kappa shape index (κ2) is 8.51. The van der Waals surface area contributed by atoms with E-state index in [9.17, 15) is 4.79 Å². The molecule has 6 heteroatoms. The molecule has 0 saturated heterocycles. The first kappa shape index (κ1) is 18.7. The summed E-state index contributed by atoms with van der Waals surface area (Å²) < 4.78 is 11.7. The van der Waals surface area contributed by atoms with Crippen molar-refractivity contribution in [1.82, 2.24) is 15.2 Å². The van der Waals surface area contributed by atoms with Gasteiger partial charge in [0.2, 0.25) is 11.8 Å². The number of benzene rings is 2. The molecule has 0 saturated carbocycles. The summed E-state index contributed by atoms with van der Waals surface area (Å²) >= 11 is 0. The number of aryl methyl sites for hydroxylation is 1. The number of carbonyl (C=O) groups is 1. The minimum absolute atomic E-state index is 0.0374. The number of carbonyl (C=O) groups excluding carboxylic acids is 1. The van der Waals surface area contributed by atoms with Gasteiger partial charge in [0, 0.05) is 19.2 Å². The monoisotopic (exact) mass is 365 g/mol. The molecule has 0 unspecified atom stereocenters. The van der Waals surface area contributed by atoms with Crippen LogP contribution in [0.4, 0.5) is 0 Å². The van der Waals surface area contributed by atoms with Gasteiger partial charge < -0.3 is 14.5 Å². The van der Waals surface area contributed by atoms with Crippen LogP contribution in [0.2, 0.25) is 0 Å². The summed E-state index contributed by atoms with van der Waals surface area (Å²) in [5.41, 5.74) is 1.65. The molecular weight excluding hydrogens is 342 g/mol. The minimum atomic E-state index is -0.0374. The Morgan fingerprint density at radius 1 is 1.15 bits per heavy atom. The second-order valence-electron chi connectivity index (χ2n) is 6.31. The van der Waals surface area contributed by atoms with Gasteiger partial charge in [-0.25, -0.2) is 4.98 Å². The molecule has 1 amide bonds. The van der Waals surface area contributed by atoms with Crippen LogP contribution in [0, 0.1) is 6.92 Å². The average Bonchev–Trinajstić information content (AvgIpc) is 3.03. The molecule has 27 heavy (non-hydrogen) atoms. The van der Waals surface area contributed by atoms with Crippen molar-refractivity contribution in [2.24, 2.45) is 0 Å². The first-order valence-corrected chi connectivity index (χ1v) is 8.74. The van der Waals surface area contributed by atoms with E-state index in [2.05, 4.69) is 10.3 Å². The van der Waals surface area contributed by atoms with Gasteiger partial charge in [0.15, 0.2) is 0 Å². The predicted octanol–water partition coefficient (Wildman–Crippen LogP) is 3.62. The lowest BCUT2D eigenvalue weighted by molar-refractivity contribution is -0.121. The van der Waals surface area contributed by atoms with E-state index in [1.54, 1.807) is 7.05 Å². The topological polar surface area (TPSA) is 67.6 Å². The molecule has 0 spiro atoms. The van der Waals surface area contributed by atoms with E-state index in [1.165, 1.54) is 0 Å². The fraction of sp³-hybridized carbons (Fsp3) is 0.238. The highest BCUT2D eigenvalue weighted by molar-refractivity contribution is 5.77. The largest absolute Gasteiger partial charge is 0.457 e. The molecule has 3 aromatic rings. The average molecular weight is 365 g/mol. The van der Waals surface area contributed by atoms with Crippen LogP contribution in [-0.4, -0.2) is 36.4 Å². The summed E-state index contributed by atoms with van der Waals surface area (Å²) in [6.45, 7) is 2.71. The quantitative estimate of drug-likeness (QED) is 0.693. The van der Waals surface area contributed by atoms with E-state index in [0.717, 1.165) is 22.8 Å². The highest BCUT2D eigenvalue weighted by atomic mass is 16.5. The Morgan fingerprint density at radius 3 is 2.63 bits per heavy atom. The summed E-state index contributed by atoms with van der Waals surface area (Å²) in [5, 5.41) is 2.62. The Morgan fingerprint density at radius 2 is 1.89 bits per heavy atom. The molecule has 0 aliphatic carbocycles. The van der Waals surface area contributed by atoms with E-state index in [-0.39, 0.29) is 5.91 Å². The second-order valence-corrected chi connectivity index (χ2v) is 6.31. The van der Waals surface area contributed by atoms with E-state index in [0.29, 0.717) is 24.7 Å². The summed E-state index contributed by atoms with van der Waals surface area (Å²) in [4.78, 5) is 18.0. The third-order valence-corrected chi connectivity index (χ3v) is 4.06. The molecule has 0 aliphatic rings. The zero-order chi connectivity index (χ0) is 19.2. The Labute approximate surface area is 158 Å². The van der Waals surface area contributed by atoms with Gasteiger partial charge in [0.25, 0.3) is 0 Å². The van der Waals surface area contributed by atoms with Crippen LogP contribution >= 0.6 is 0 Å². The number of likely N-dealkylation sites (N-methyl/N-ethyl adjacent to an activating group) is 2. The number of nitrogens with one attached hydrogen (secondary N) is 1. The normalized spacial score (nSPS) is 10.8. The van der Waals surface area contributed by atoms with Crippen molar-refractivity contribution in [1.29, 1.82) is 0 Å². The van der Waals surface area contributed by atoms with E-state index >= 15 is 0 Å². The number of amides is 1. The maximum atomic E-state index is 11.5. The summed E-state index contributed by atoms with van der Waals surface area (Å²) in [6, 6.07) is 17.2. The molecule has 2 aromatic carbocycles. The highest BCUT2D eigenvalue weighted by Crippen LogP contribution is 2.28. The number of nitrogens with zero attached hydrogens (tertiary/aromatic N) is 2. The molecule has 0 fully saturated rings. The van der Waals surface area contributed by atoms with Crippen LogP contribution in [0.3, 0.4) is 0 Å². The van der Waals surface area contributed by atoms with Crippen molar-refractivity contribution in [3.05, 3.63) is 66.1 Å². The number of hydrogen-bond donors (Lipinski definition) is 1. The number of para-hydroxylation sites is 1. The van der Waals surface area contributed by atoms with Gasteiger partial charge in [0.05, 0.1) is 12.2 Å². The molecule has 1 N–H and O–H groups in total. The molecule has 0 aliphatic heterocycles. The van der Waals surface area contributed by atoms with Gasteiger partial charge in [-0.3, -0.25) is 9.69 Å². The molecule has 140 valence electrons. The van der Waals surface area contributed by atoms with E-state index in [4.69, 9.17) is 9.15 Å². The first-order valence-electron chi connectivity index (χ1n) is 8.74. The number of oxazole rings is 1. The first-order chi connectivity index (χ1) is 13.0. The maximum absolute atomic E-state index is 11.5. The SMILES string of the molecule is CNC(=O)CN(C)Cc1nc(-c2cccc(Oc3ccccc3)c2)oc1C. The van der Waals surface area contributed by atoms with Gasteiger partial charge in [-0.15, -0.1) is 0 Å². The summed E-state index contributed by atoms with van der Waals surface area (Å²) in [7, 11) is 3.50. The van der Waals surface area contributed by atoms with E-state index < -0.39 is 0 Å². The zero-order valence-electron chi connectivity index (χ0n) is 15.7. The number of hydrogen-bond acceptors (Lipinski definition) is 5. The Bertz CT molecular complexity index is 906. The maximum Gasteiger partial charge on any atom is 0.233 e. The van der Waals surface area contributed by atoms with Crippen molar-refractivity contribution >= 4 is 5.91 Å². The summed E-state index contributed by atoms with van der Waals surface area (Å²) in [6.07, 6.45) is 0. The van der Waals surface area contributed by atoms with Gasteiger partial charge in [0.1, 0.15) is 17.3 Å². The molecule has 3 rings (SSSR count). The van der Waals surface area contributed by atoms with Gasteiger partial charge >= 0.3 is 0 Å². The molecule has 0 atom stereocenters. The van der Waals surface area contributed by atoms with Gasteiger partial charge in [-0.05, 0) is 44.3 Å². The van der Waals surface area contributed by atoms with Crippen molar-refractivity contribution in [3.8, 4) is 23.0 Å².